The van der Waals surface area contributed by atoms with Gasteiger partial charge < -0.3 is 10.4 Å². The summed E-state index contributed by atoms with van der Waals surface area (Å²) in [6, 6.07) is 10.3. The molecule has 2 N–H and O–H groups in total. The molecule has 0 aliphatic rings. The van der Waals surface area contributed by atoms with Crippen molar-refractivity contribution in [1.82, 2.24) is 5.32 Å². The summed E-state index contributed by atoms with van der Waals surface area (Å²) in [5, 5.41) is 15.4. The highest BCUT2D eigenvalue weighted by Crippen LogP contribution is 2.24. The highest BCUT2D eigenvalue weighted by atomic mass is 32.1. The Bertz CT molecular complexity index is 493. The predicted octanol–water partition coefficient (Wildman–Crippen LogP) is 4.00. The first-order chi connectivity index (χ1) is 8.70. The van der Waals surface area contributed by atoms with Crippen LogP contribution in [0, 0.1) is 6.92 Å². The molecule has 1 aromatic heterocycles. The summed E-state index contributed by atoms with van der Waals surface area (Å²) in [6.45, 7) is 4.91. The molecule has 2 aromatic rings. The van der Waals surface area contributed by atoms with Crippen LogP contribution in [0.25, 0.3) is 0 Å². The van der Waals surface area contributed by atoms with E-state index in [-0.39, 0.29) is 0 Å². The highest BCUT2D eigenvalue weighted by Gasteiger charge is 2.10. The zero-order valence-corrected chi connectivity index (χ0v) is 11.6. The number of hydrogen-bond acceptors (Lipinski definition) is 3. The van der Waals surface area contributed by atoms with Crippen LogP contribution in [-0.4, -0.2) is 5.11 Å². The van der Waals surface area contributed by atoms with Gasteiger partial charge in [-0.2, -0.15) is 0 Å². The average Bonchev–Trinajstić information content (AvgIpc) is 2.88. The van der Waals surface area contributed by atoms with Crippen molar-refractivity contribution in [3.8, 4) is 5.75 Å². The minimum Gasteiger partial charge on any atom is -0.508 e. The third-order valence-corrected chi connectivity index (χ3v) is 4.05. The summed E-state index contributed by atoms with van der Waals surface area (Å²) in [4.78, 5) is 1.35. The van der Waals surface area contributed by atoms with E-state index in [0.29, 0.717) is 18.3 Å². The van der Waals surface area contributed by atoms with Crippen LogP contribution in [0.5, 0.6) is 5.75 Å². The number of hydrogen-bond donors (Lipinski definition) is 2. The van der Waals surface area contributed by atoms with Gasteiger partial charge in [-0.25, -0.2) is 0 Å². The van der Waals surface area contributed by atoms with Gasteiger partial charge in [0.1, 0.15) is 5.75 Å². The third-order valence-electron chi connectivity index (χ3n) is 3.07. The quantitative estimate of drug-likeness (QED) is 0.852. The first kappa shape index (κ1) is 13.1. The van der Waals surface area contributed by atoms with E-state index >= 15 is 0 Å². The van der Waals surface area contributed by atoms with E-state index in [1.807, 2.05) is 19.1 Å². The zero-order valence-electron chi connectivity index (χ0n) is 10.8. The average molecular weight is 261 g/mol. The van der Waals surface area contributed by atoms with Crippen LogP contribution >= 0.6 is 11.3 Å². The van der Waals surface area contributed by atoms with E-state index in [1.165, 1.54) is 10.4 Å². The molecule has 0 spiro atoms. The standard InChI is InChI=1S/C15H19NOS/c1-3-13(15-5-4-8-18-15)16-10-12-9-11(2)6-7-14(12)17/h4-9,13,16-17H,3,10H2,1-2H3. The molecular weight excluding hydrogens is 242 g/mol. The summed E-state index contributed by atoms with van der Waals surface area (Å²) >= 11 is 1.77. The van der Waals surface area contributed by atoms with Gasteiger partial charge in [-0.1, -0.05) is 30.7 Å². The monoisotopic (exact) mass is 261 g/mol. The molecule has 18 heavy (non-hydrogen) atoms. The van der Waals surface area contributed by atoms with Crippen molar-refractivity contribution in [3.05, 3.63) is 51.7 Å². The molecule has 0 saturated heterocycles. The molecule has 0 aliphatic carbocycles. The number of benzene rings is 1. The molecular formula is C15H19NOS. The topological polar surface area (TPSA) is 32.3 Å². The molecule has 0 aliphatic heterocycles. The maximum Gasteiger partial charge on any atom is 0.120 e. The van der Waals surface area contributed by atoms with E-state index in [1.54, 1.807) is 17.4 Å². The Hall–Kier alpha value is -1.32. The summed E-state index contributed by atoms with van der Waals surface area (Å²) in [7, 11) is 0. The van der Waals surface area contributed by atoms with Crippen molar-refractivity contribution < 1.29 is 5.11 Å². The fourth-order valence-electron chi connectivity index (χ4n) is 2.02. The third kappa shape index (κ3) is 3.12. The van der Waals surface area contributed by atoms with Crippen molar-refractivity contribution in [1.29, 1.82) is 0 Å². The second-order valence-corrected chi connectivity index (χ2v) is 5.47. The SMILES string of the molecule is CCC(NCc1cc(C)ccc1O)c1cccs1. The molecule has 3 heteroatoms. The lowest BCUT2D eigenvalue weighted by molar-refractivity contribution is 0.456. The molecule has 96 valence electrons. The Kier molecular flexibility index (Phi) is 4.39. The molecule has 1 heterocycles. The van der Waals surface area contributed by atoms with Gasteiger partial charge in [-0.05, 0) is 30.9 Å². The molecule has 0 amide bonds. The molecule has 1 atom stereocenters. The smallest absolute Gasteiger partial charge is 0.120 e. The van der Waals surface area contributed by atoms with Crippen LogP contribution in [0.15, 0.2) is 35.7 Å². The number of phenols is 1. The number of aryl methyl sites for hydroxylation is 1. The van der Waals surface area contributed by atoms with Gasteiger partial charge in [0, 0.05) is 23.0 Å². The van der Waals surface area contributed by atoms with Crippen molar-refractivity contribution in [2.24, 2.45) is 0 Å². The van der Waals surface area contributed by atoms with E-state index in [2.05, 4.69) is 29.8 Å². The van der Waals surface area contributed by atoms with E-state index < -0.39 is 0 Å². The molecule has 0 fully saturated rings. The van der Waals surface area contributed by atoms with Gasteiger partial charge in [-0.3, -0.25) is 0 Å². The summed E-state index contributed by atoms with van der Waals surface area (Å²) in [5.41, 5.74) is 2.14. The second-order valence-electron chi connectivity index (χ2n) is 4.49. The van der Waals surface area contributed by atoms with Gasteiger partial charge in [0.2, 0.25) is 0 Å². The van der Waals surface area contributed by atoms with Crippen LogP contribution in [-0.2, 0) is 6.54 Å². The Morgan fingerprint density at radius 1 is 1.33 bits per heavy atom. The number of aromatic hydroxyl groups is 1. The van der Waals surface area contributed by atoms with Gasteiger partial charge in [0.05, 0.1) is 0 Å². The maximum absolute atomic E-state index is 9.81. The minimum absolute atomic E-state index is 0.366. The molecule has 2 nitrogen and oxygen atoms in total. The second kappa shape index (κ2) is 6.03. The predicted molar refractivity (Wildman–Crippen MR) is 77.0 cm³/mol. The molecule has 0 bridgehead atoms. The fraction of sp³-hybridized carbons (Fsp3) is 0.333. The van der Waals surface area contributed by atoms with Crippen LogP contribution in [0.2, 0.25) is 0 Å². The van der Waals surface area contributed by atoms with Gasteiger partial charge >= 0.3 is 0 Å². The van der Waals surface area contributed by atoms with Crippen LogP contribution in [0.3, 0.4) is 0 Å². The van der Waals surface area contributed by atoms with Crippen LogP contribution < -0.4 is 5.32 Å². The summed E-state index contributed by atoms with van der Waals surface area (Å²) in [6.07, 6.45) is 1.05. The van der Waals surface area contributed by atoms with Crippen LogP contribution in [0.1, 0.15) is 35.4 Å². The molecule has 0 saturated carbocycles. The first-order valence-electron chi connectivity index (χ1n) is 6.26. The van der Waals surface area contributed by atoms with Crippen molar-refractivity contribution >= 4 is 11.3 Å². The van der Waals surface area contributed by atoms with E-state index in [9.17, 15) is 5.11 Å². The first-order valence-corrected chi connectivity index (χ1v) is 7.14. The zero-order chi connectivity index (χ0) is 13.0. The Labute approximate surface area is 112 Å². The van der Waals surface area contributed by atoms with Crippen molar-refractivity contribution in [2.75, 3.05) is 0 Å². The lowest BCUT2D eigenvalue weighted by atomic mass is 10.1. The lowest BCUT2D eigenvalue weighted by Gasteiger charge is -2.16. The Balaban J connectivity index is 2.04. The maximum atomic E-state index is 9.81. The number of nitrogens with one attached hydrogen (secondary N) is 1. The van der Waals surface area contributed by atoms with E-state index in [4.69, 9.17) is 0 Å². The number of rotatable bonds is 5. The van der Waals surface area contributed by atoms with Gasteiger partial charge in [0.25, 0.3) is 0 Å². The molecule has 1 aromatic carbocycles. The van der Waals surface area contributed by atoms with Gasteiger partial charge in [-0.15, -0.1) is 11.3 Å². The fourth-order valence-corrected chi connectivity index (χ4v) is 2.91. The van der Waals surface area contributed by atoms with E-state index in [0.717, 1.165) is 12.0 Å². The molecule has 1 unspecified atom stereocenters. The largest absolute Gasteiger partial charge is 0.508 e. The van der Waals surface area contributed by atoms with Crippen molar-refractivity contribution in [2.45, 2.75) is 32.9 Å². The molecule has 0 radical (unpaired) electrons. The number of phenolic OH excluding ortho intramolecular Hbond substituents is 1. The normalized spacial score (nSPS) is 12.6. The lowest BCUT2D eigenvalue weighted by Crippen LogP contribution is -2.19. The highest BCUT2D eigenvalue weighted by molar-refractivity contribution is 7.10. The molecule has 2 rings (SSSR count). The van der Waals surface area contributed by atoms with Crippen molar-refractivity contribution in [3.63, 3.8) is 0 Å². The summed E-state index contributed by atoms with van der Waals surface area (Å²) in [5.74, 6) is 0.370. The Morgan fingerprint density at radius 3 is 2.83 bits per heavy atom. The summed E-state index contributed by atoms with van der Waals surface area (Å²) < 4.78 is 0. The minimum atomic E-state index is 0.366. The van der Waals surface area contributed by atoms with Gasteiger partial charge in [0.15, 0.2) is 0 Å². The Morgan fingerprint density at radius 2 is 2.17 bits per heavy atom. The number of thiophene rings is 1. The van der Waals surface area contributed by atoms with Crippen LogP contribution in [0.4, 0.5) is 0 Å².